The highest BCUT2D eigenvalue weighted by molar-refractivity contribution is 6.33. The maximum atomic E-state index is 12.5. The van der Waals surface area contributed by atoms with Crippen LogP contribution in [0.1, 0.15) is 18.4 Å². The molecule has 19 heavy (non-hydrogen) atoms. The average molecular weight is 292 g/mol. The van der Waals surface area contributed by atoms with Gasteiger partial charge in [-0.2, -0.15) is 13.2 Å². The molecule has 2 rings (SSSR count). The van der Waals surface area contributed by atoms with E-state index in [0.717, 1.165) is 25.0 Å². The predicted molar refractivity (Wildman–Crippen MR) is 68.2 cm³/mol. The number of benzene rings is 1. The van der Waals surface area contributed by atoms with Crippen LogP contribution in [0.4, 0.5) is 18.9 Å². The Kier molecular flexibility index (Phi) is 4.24. The van der Waals surface area contributed by atoms with E-state index in [0.29, 0.717) is 12.2 Å². The van der Waals surface area contributed by atoms with Crippen LogP contribution in [0, 0.1) is 0 Å². The zero-order valence-corrected chi connectivity index (χ0v) is 10.8. The van der Waals surface area contributed by atoms with Gasteiger partial charge in [-0.3, -0.25) is 0 Å². The second kappa shape index (κ2) is 5.74. The molecule has 1 aromatic carbocycles. The largest absolute Gasteiger partial charge is 0.497 e. The van der Waals surface area contributed by atoms with Crippen LogP contribution >= 0.6 is 11.6 Å². The molecule has 1 heterocycles. The molecular weight excluding hydrogens is 279 g/mol. The summed E-state index contributed by atoms with van der Waals surface area (Å²) in [6.07, 6.45) is 1.03. The van der Waals surface area contributed by atoms with Gasteiger partial charge in [-0.05, 0) is 37.1 Å². The third-order valence-electron chi connectivity index (χ3n) is 2.84. The number of halogens is 4. The summed E-state index contributed by atoms with van der Waals surface area (Å²) in [4.78, 5) is 0. The number of ether oxygens (including phenoxy) is 1. The van der Waals surface area contributed by atoms with Crippen molar-refractivity contribution in [1.82, 2.24) is 0 Å². The third kappa shape index (κ3) is 3.80. The van der Waals surface area contributed by atoms with Gasteiger partial charge in [0.25, 0.3) is 0 Å². The molecule has 1 aromatic rings. The molecular formula is C13H13ClF3NO. The Bertz CT molecular complexity index is 473. The average Bonchev–Trinajstić information content (AvgIpc) is 2.37. The summed E-state index contributed by atoms with van der Waals surface area (Å²) >= 11 is 5.84. The molecule has 0 amide bonds. The maximum absolute atomic E-state index is 12.5. The first-order valence-corrected chi connectivity index (χ1v) is 6.25. The monoisotopic (exact) mass is 291 g/mol. The van der Waals surface area contributed by atoms with E-state index in [9.17, 15) is 13.2 Å². The molecule has 6 heteroatoms. The van der Waals surface area contributed by atoms with Crippen LogP contribution < -0.4 is 5.32 Å². The Labute approximate surface area is 114 Å². The van der Waals surface area contributed by atoms with Gasteiger partial charge in [0.15, 0.2) is 0 Å². The van der Waals surface area contributed by atoms with Crippen LogP contribution in [0.2, 0.25) is 5.02 Å². The maximum Gasteiger partial charge on any atom is 0.416 e. The second-order valence-corrected chi connectivity index (χ2v) is 4.69. The van der Waals surface area contributed by atoms with Crippen molar-refractivity contribution in [2.75, 3.05) is 11.9 Å². The lowest BCUT2D eigenvalue weighted by atomic mass is 10.1. The van der Waals surface area contributed by atoms with Crippen LogP contribution in [-0.2, 0) is 10.9 Å². The molecule has 2 nitrogen and oxygen atoms in total. The first kappa shape index (κ1) is 14.1. The number of hydrogen-bond acceptors (Lipinski definition) is 2. The van der Waals surface area contributed by atoms with Crippen molar-refractivity contribution in [1.29, 1.82) is 0 Å². The van der Waals surface area contributed by atoms with Gasteiger partial charge < -0.3 is 10.1 Å². The Morgan fingerprint density at radius 3 is 2.74 bits per heavy atom. The van der Waals surface area contributed by atoms with E-state index >= 15 is 0 Å². The summed E-state index contributed by atoms with van der Waals surface area (Å²) < 4.78 is 42.8. The SMILES string of the molecule is FC(F)(F)c1ccc(NCC2CCC=CO2)c(Cl)c1. The van der Waals surface area contributed by atoms with Gasteiger partial charge in [-0.25, -0.2) is 0 Å². The van der Waals surface area contributed by atoms with Crippen molar-refractivity contribution in [3.8, 4) is 0 Å². The number of anilines is 1. The van der Waals surface area contributed by atoms with Gasteiger partial charge in [-0.15, -0.1) is 0 Å². The van der Waals surface area contributed by atoms with E-state index in [2.05, 4.69) is 5.32 Å². The summed E-state index contributed by atoms with van der Waals surface area (Å²) in [5, 5.41) is 3.06. The Morgan fingerprint density at radius 1 is 1.37 bits per heavy atom. The lowest BCUT2D eigenvalue weighted by Crippen LogP contribution is -2.23. The van der Waals surface area contributed by atoms with Crippen molar-refractivity contribution in [2.45, 2.75) is 25.1 Å². The van der Waals surface area contributed by atoms with Gasteiger partial charge in [0.1, 0.15) is 6.10 Å². The predicted octanol–water partition coefficient (Wildman–Crippen LogP) is 4.46. The number of alkyl halides is 3. The van der Waals surface area contributed by atoms with Crippen molar-refractivity contribution in [3.63, 3.8) is 0 Å². The molecule has 0 aliphatic carbocycles. The van der Waals surface area contributed by atoms with E-state index in [1.807, 2.05) is 6.08 Å². The van der Waals surface area contributed by atoms with E-state index in [1.165, 1.54) is 6.07 Å². The summed E-state index contributed by atoms with van der Waals surface area (Å²) in [6, 6.07) is 3.27. The van der Waals surface area contributed by atoms with Crippen molar-refractivity contribution < 1.29 is 17.9 Å². The quantitative estimate of drug-likeness (QED) is 0.887. The molecule has 0 radical (unpaired) electrons. The number of nitrogens with one attached hydrogen (secondary N) is 1. The zero-order valence-electron chi connectivity index (χ0n) is 10.0. The van der Waals surface area contributed by atoms with Gasteiger partial charge in [0.2, 0.25) is 0 Å². The minimum atomic E-state index is -4.38. The summed E-state index contributed by atoms with van der Waals surface area (Å²) in [5.41, 5.74) is -0.271. The van der Waals surface area contributed by atoms with E-state index in [-0.39, 0.29) is 11.1 Å². The summed E-state index contributed by atoms with van der Waals surface area (Å²) in [7, 11) is 0. The number of allylic oxidation sites excluding steroid dienone is 1. The van der Waals surface area contributed by atoms with Crippen LogP contribution in [0.15, 0.2) is 30.5 Å². The molecule has 0 saturated carbocycles. The van der Waals surface area contributed by atoms with Gasteiger partial charge in [0.05, 0.1) is 29.1 Å². The molecule has 0 aromatic heterocycles. The van der Waals surface area contributed by atoms with E-state index in [1.54, 1.807) is 6.26 Å². The smallest absolute Gasteiger partial charge is 0.416 e. The first-order valence-electron chi connectivity index (χ1n) is 5.88. The number of rotatable bonds is 3. The topological polar surface area (TPSA) is 21.3 Å². The molecule has 0 fully saturated rings. The van der Waals surface area contributed by atoms with Gasteiger partial charge in [0, 0.05) is 0 Å². The Balaban J connectivity index is 1.99. The molecule has 104 valence electrons. The lowest BCUT2D eigenvalue weighted by Gasteiger charge is -2.20. The van der Waals surface area contributed by atoms with Gasteiger partial charge >= 0.3 is 6.18 Å². The molecule has 1 unspecified atom stereocenters. The zero-order chi connectivity index (χ0) is 13.9. The third-order valence-corrected chi connectivity index (χ3v) is 3.15. The van der Waals surface area contributed by atoms with Crippen molar-refractivity contribution in [3.05, 3.63) is 41.1 Å². The fourth-order valence-corrected chi connectivity index (χ4v) is 2.04. The first-order chi connectivity index (χ1) is 8.97. The normalized spacial score (nSPS) is 19.1. The molecule has 1 N–H and O–H groups in total. The minimum Gasteiger partial charge on any atom is -0.497 e. The minimum absolute atomic E-state index is 0.0170. The fraction of sp³-hybridized carbons (Fsp3) is 0.385. The standard InChI is InChI=1S/C13H13ClF3NO/c14-11-7-9(13(15,16)17)4-5-12(11)18-8-10-3-1-2-6-19-10/h2,4-7,10,18H,1,3,8H2. The van der Waals surface area contributed by atoms with Crippen molar-refractivity contribution >= 4 is 17.3 Å². The molecule has 1 aliphatic heterocycles. The molecule has 0 saturated heterocycles. The highest BCUT2D eigenvalue weighted by Gasteiger charge is 2.30. The van der Waals surface area contributed by atoms with E-state index in [4.69, 9.17) is 16.3 Å². The molecule has 0 bridgehead atoms. The van der Waals surface area contributed by atoms with Crippen LogP contribution in [0.3, 0.4) is 0 Å². The lowest BCUT2D eigenvalue weighted by molar-refractivity contribution is -0.137. The fourth-order valence-electron chi connectivity index (χ4n) is 1.79. The summed E-state index contributed by atoms with van der Waals surface area (Å²) in [6.45, 7) is 0.509. The Morgan fingerprint density at radius 2 is 2.16 bits per heavy atom. The van der Waals surface area contributed by atoms with Crippen molar-refractivity contribution in [2.24, 2.45) is 0 Å². The second-order valence-electron chi connectivity index (χ2n) is 4.28. The number of hydrogen-bond donors (Lipinski definition) is 1. The molecule has 1 aliphatic rings. The van der Waals surface area contributed by atoms with E-state index < -0.39 is 11.7 Å². The molecule has 0 spiro atoms. The van der Waals surface area contributed by atoms with Gasteiger partial charge in [-0.1, -0.05) is 11.6 Å². The Hall–Kier alpha value is -1.36. The van der Waals surface area contributed by atoms with Crippen LogP contribution in [0.25, 0.3) is 0 Å². The highest BCUT2D eigenvalue weighted by Crippen LogP contribution is 2.33. The van der Waals surface area contributed by atoms with Crippen LogP contribution in [-0.4, -0.2) is 12.6 Å². The van der Waals surface area contributed by atoms with Crippen LogP contribution in [0.5, 0.6) is 0 Å². The molecule has 1 atom stereocenters. The highest BCUT2D eigenvalue weighted by atomic mass is 35.5. The summed E-state index contributed by atoms with van der Waals surface area (Å²) in [5.74, 6) is 0.